The summed E-state index contributed by atoms with van der Waals surface area (Å²) < 4.78 is 16.0. The lowest BCUT2D eigenvalue weighted by molar-refractivity contribution is 0.218. The maximum atomic E-state index is 5.89. The highest BCUT2D eigenvalue weighted by Gasteiger charge is 2.14. The number of thioether (sulfide) groups is 1. The predicted molar refractivity (Wildman–Crippen MR) is 79.5 cm³/mol. The monoisotopic (exact) mass is 285 g/mol. The van der Waals surface area contributed by atoms with E-state index in [2.05, 4.69) is 0 Å². The van der Waals surface area contributed by atoms with Crippen LogP contribution < -0.4 is 15.2 Å². The van der Waals surface area contributed by atoms with E-state index in [1.807, 2.05) is 19.1 Å². The van der Waals surface area contributed by atoms with Crippen LogP contribution in [0.15, 0.2) is 17.0 Å². The molecular formula is C14H23NO3S. The van der Waals surface area contributed by atoms with Gasteiger partial charge in [-0.2, -0.15) is 0 Å². The Bertz CT molecular complexity index is 397. The van der Waals surface area contributed by atoms with Gasteiger partial charge >= 0.3 is 0 Å². The molecule has 108 valence electrons. The molecule has 5 heteroatoms. The number of methoxy groups -OCH3 is 3. The van der Waals surface area contributed by atoms with Gasteiger partial charge in [-0.05, 0) is 25.5 Å². The van der Waals surface area contributed by atoms with Crippen molar-refractivity contribution in [2.75, 3.05) is 33.7 Å². The number of ether oxygens (including phenoxy) is 3. The standard InChI is InChI=1S/C14H23NO3S/c1-10(15)7-11-8-12(17-3)9-13(14(11)18-4)19-6-5-16-2/h8-10H,5-7,15H2,1-4H3. The Balaban J connectivity index is 3.03. The predicted octanol–water partition coefficient (Wildman–Crippen LogP) is 2.33. The zero-order valence-electron chi connectivity index (χ0n) is 12.1. The molecule has 1 unspecified atom stereocenters. The van der Waals surface area contributed by atoms with E-state index >= 15 is 0 Å². The molecule has 19 heavy (non-hydrogen) atoms. The largest absolute Gasteiger partial charge is 0.497 e. The van der Waals surface area contributed by atoms with E-state index in [1.165, 1.54) is 0 Å². The molecule has 0 aliphatic rings. The summed E-state index contributed by atoms with van der Waals surface area (Å²) in [5, 5.41) is 0. The summed E-state index contributed by atoms with van der Waals surface area (Å²) in [6, 6.07) is 4.06. The molecular weight excluding hydrogens is 262 g/mol. The third-order valence-electron chi connectivity index (χ3n) is 2.63. The van der Waals surface area contributed by atoms with E-state index in [0.717, 1.165) is 34.1 Å². The molecule has 0 amide bonds. The average molecular weight is 285 g/mol. The molecule has 0 aliphatic heterocycles. The molecule has 1 atom stereocenters. The molecule has 0 spiro atoms. The van der Waals surface area contributed by atoms with Gasteiger partial charge in [0.2, 0.25) is 0 Å². The van der Waals surface area contributed by atoms with Crippen LogP contribution in [0.1, 0.15) is 12.5 Å². The molecule has 0 bridgehead atoms. The Hall–Kier alpha value is -0.910. The molecule has 0 saturated heterocycles. The first-order valence-electron chi connectivity index (χ1n) is 6.24. The molecule has 0 fully saturated rings. The fourth-order valence-electron chi connectivity index (χ4n) is 1.82. The van der Waals surface area contributed by atoms with Crippen LogP contribution in [0.25, 0.3) is 0 Å². The van der Waals surface area contributed by atoms with Crippen LogP contribution in [0.5, 0.6) is 11.5 Å². The summed E-state index contributed by atoms with van der Waals surface area (Å²) in [7, 11) is 5.05. The molecule has 1 rings (SSSR count). The quantitative estimate of drug-likeness (QED) is 0.587. The maximum absolute atomic E-state index is 5.89. The first-order chi connectivity index (χ1) is 9.12. The zero-order valence-corrected chi connectivity index (χ0v) is 12.9. The second kappa shape index (κ2) is 8.30. The number of nitrogens with two attached hydrogens (primary N) is 1. The van der Waals surface area contributed by atoms with Crippen molar-refractivity contribution in [1.29, 1.82) is 0 Å². The van der Waals surface area contributed by atoms with Crippen molar-refractivity contribution in [2.24, 2.45) is 5.73 Å². The molecule has 0 aromatic heterocycles. The number of rotatable bonds is 8. The highest BCUT2D eigenvalue weighted by molar-refractivity contribution is 7.99. The van der Waals surface area contributed by atoms with Crippen LogP contribution in [0.4, 0.5) is 0 Å². The van der Waals surface area contributed by atoms with Crippen LogP contribution in [0, 0.1) is 0 Å². The minimum atomic E-state index is 0.0813. The molecule has 1 aromatic carbocycles. The third-order valence-corrected chi connectivity index (χ3v) is 3.62. The first kappa shape index (κ1) is 16.1. The molecule has 1 aromatic rings. The van der Waals surface area contributed by atoms with Gasteiger partial charge in [-0.3, -0.25) is 0 Å². The summed E-state index contributed by atoms with van der Waals surface area (Å²) >= 11 is 1.70. The molecule has 0 aliphatic carbocycles. The fraction of sp³-hybridized carbons (Fsp3) is 0.571. The minimum absolute atomic E-state index is 0.0813. The lowest BCUT2D eigenvalue weighted by Gasteiger charge is -2.16. The van der Waals surface area contributed by atoms with Gasteiger partial charge in [-0.15, -0.1) is 11.8 Å². The topological polar surface area (TPSA) is 53.7 Å². The lowest BCUT2D eigenvalue weighted by Crippen LogP contribution is -2.18. The highest BCUT2D eigenvalue weighted by Crippen LogP contribution is 2.37. The Kier molecular flexibility index (Phi) is 7.05. The lowest BCUT2D eigenvalue weighted by atomic mass is 10.1. The van der Waals surface area contributed by atoms with Crippen molar-refractivity contribution in [3.05, 3.63) is 17.7 Å². The van der Waals surface area contributed by atoms with E-state index in [1.54, 1.807) is 33.1 Å². The molecule has 2 N–H and O–H groups in total. The Morgan fingerprint density at radius 3 is 2.47 bits per heavy atom. The normalized spacial score (nSPS) is 12.3. The summed E-state index contributed by atoms with van der Waals surface area (Å²) in [5.41, 5.74) is 6.97. The van der Waals surface area contributed by atoms with Gasteiger partial charge in [0.05, 0.1) is 25.7 Å². The number of hydrogen-bond acceptors (Lipinski definition) is 5. The van der Waals surface area contributed by atoms with Crippen molar-refractivity contribution in [3.8, 4) is 11.5 Å². The Labute approximate surface area is 119 Å². The van der Waals surface area contributed by atoms with E-state index in [-0.39, 0.29) is 6.04 Å². The smallest absolute Gasteiger partial charge is 0.135 e. The SMILES string of the molecule is COCCSc1cc(OC)cc(CC(C)N)c1OC. The van der Waals surface area contributed by atoms with Gasteiger partial charge in [0.1, 0.15) is 11.5 Å². The van der Waals surface area contributed by atoms with Gasteiger partial charge in [0, 0.05) is 24.5 Å². The third kappa shape index (κ3) is 4.93. The number of benzene rings is 1. The Morgan fingerprint density at radius 1 is 1.21 bits per heavy atom. The fourth-order valence-corrected chi connectivity index (χ4v) is 2.84. The van der Waals surface area contributed by atoms with Crippen LogP contribution in [-0.4, -0.2) is 39.7 Å². The second-order valence-corrected chi connectivity index (χ2v) is 5.48. The van der Waals surface area contributed by atoms with Gasteiger partial charge in [-0.25, -0.2) is 0 Å². The van der Waals surface area contributed by atoms with E-state index < -0.39 is 0 Å². The molecule has 0 heterocycles. The Morgan fingerprint density at radius 2 is 1.95 bits per heavy atom. The molecule has 4 nitrogen and oxygen atoms in total. The van der Waals surface area contributed by atoms with Crippen molar-refractivity contribution >= 4 is 11.8 Å². The maximum Gasteiger partial charge on any atom is 0.135 e. The molecule has 0 radical (unpaired) electrons. The minimum Gasteiger partial charge on any atom is -0.497 e. The van der Waals surface area contributed by atoms with Gasteiger partial charge in [0.25, 0.3) is 0 Å². The van der Waals surface area contributed by atoms with E-state index in [4.69, 9.17) is 19.9 Å². The average Bonchev–Trinajstić information content (AvgIpc) is 2.38. The first-order valence-corrected chi connectivity index (χ1v) is 7.23. The summed E-state index contributed by atoms with van der Waals surface area (Å²) in [4.78, 5) is 1.06. The van der Waals surface area contributed by atoms with Gasteiger partial charge in [-0.1, -0.05) is 0 Å². The van der Waals surface area contributed by atoms with E-state index in [9.17, 15) is 0 Å². The summed E-state index contributed by atoms with van der Waals surface area (Å²) in [6.07, 6.45) is 0.762. The van der Waals surface area contributed by atoms with Crippen LogP contribution in [0.2, 0.25) is 0 Å². The number of hydrogen-bond donors (Lipinski definition) is 1. The van der Waals surface area contributed by atoms with Crippen LogP contribution in [0.3, 0.4) is 0 Å². The molecule has 0 saturated carbocycles. The highest BCUT2D eigenvalue weighted by atomic mass is 32.2. The van der Waals surface area contributed by atoms with Crippen LogP contribution in [-0.2, 0) is 11.2 Å². The zero-order chi connectivity index (χ0) is 14.3. The van der Waals surface area contributed by atoms with Gasteiger partial charge < -0.3 is 19.9 Å². The van der Waals surface area contributed by atoms with Crippen molar-refractivity contribution in [1.82, 2.24) is 0 Å². The summed E-state index contributed by atoms with van der Waals surface area (Å²) in [5.74, 6) is 2.59. The van der Waals surface area contributed by atoms with Crippen molar-refractivity contribution in [3.63, 3.8) is 0 Å². The second-order valence-electron chi connectivity index (χ2n) is 4.34. The summed E-state index contributed by atoms with van der Waals surface area (Å²) in [6.45, 7) is 2.68. The van der Waals surface area contributed by atoms with Gasteiger partial charge in [0.15, 0.2) is 0 Å². The van der Waals surface area contributed by atoms with E-state index in [0.29, 0.717) is 6.61 Å². The van der Waals surface area contributed by atoms with Crippen molar-refractivity contribution < 1.29 is 14.2 Å². The van der Waals surface area contributed by atoms with Crippen molar-refractivity contribution in [2.45, 2.75) is 24.3 Å². The van der Waals surface area contributed by atoms with Crippen LogP contribution >= 0.6 is 11.8 Å².